The molecule has 0 aliphatic heterocycles. The predicted molar refractivity (Wildman–Crippen MR) is 61.4 cm³/mol. The van der Waals surface area contributed by atoms with Crippen molar-refractivity contribution >= 4 is 17.4 Å². The monoisotopic (exact) mass is 220 g/mol. The van der Waals surface area contributed by atoms with Gasteiger partial charge in [-0.05, 0) is 6.07 Å². The van der Waals surface area contributed by atoms with Gasteiger partial charge < -0.3 is 5.73 Å². The Morgan fingerprint density at radius 1 is 1.47 bits per heavy atom. The van der Waals surface area contributed by atoms with E-state index in [9.17, 15) is 0 Å². The molecule has 5 heteroatoms. The SMILES string of the molecule is Cn1cc(CSc2ccncc2N)cn1. The van der Waals surface area contributed by atoms with E-state index < -0.39 is 0 Å². The summed E-state index contributed by atoms with van der Waals surface area (Å²) in [5, 5.41) is 4.11. The van der Waals surface area contributed by atoms with Crippen LogP contribution in [-0.4, -0.2) is 14.8 Å². The minimum atomic E-state index is 0.728. The maximum atomic E-state index is 5.79. The van der Waals surface area contributed by atoms with Crippen LogP contribution in [0.2, 0.25) is 0 Å². The van der Waals surface area contributed by atoms with E-state index in [-0.39, 0.29) is 0 Å². The van der Waals surface area contributed by atoms with Crippen LogP contribution >= 0.6 is 11.8 Å². The van der Waals surface area contributed by atoms with Gasteiger partial charge in [0.2, 0.25) is 0 Å². The first-order valence-corrected chi connectivity index (χ1v) is 5.54. The van der Waals surface area contributed by atoms with Crippen LogP contribution < -0.4 is 5.73 Å². The van der Waals surface area contributed by atoms with E-state index in [4.69, 9.17) is 5.73 Å². The number of pyridine rings is 1. The van der Waals surface area contributed by atoms with E-state index in [1.807, 2.05) is 25.5 Å². The van der Waals surface area contributed by atoms with Crippen molar-refractivity contribution in [2.24, 2.45) is 7.05 Å². The van der Waals surface area contributed by atoms with E-state index in [1.165, 1.54) is 5.56 Å². The van der Waals surface area contributed by atoms with Crippen molar-refractivity contribution in [3.8, 4) is 0 Å². The molecule has 2 N–H and O–H groups in total. The van der Waals surface area contributed by atoms with Crippen LogP contribution in [0.1, 0.15) is 5.56 Å². The molecule has 0 aliphatic rings. The molecule has 0 fully saturated rings. The molecule has 0 radical (unpaired) electrons. The highest BCUT2D eigenvalue weighted by Crippen LogP contribution is 2.26. The molecule has 2 rings (SSSR count). The van der Waals surface area contributed by atoms with Gasteiger partial charge in [0.25, 0.3) is 0 Å². The third kappa shape index (κ3) is 2.50. The van der Waals surface area contributed by atoms with Gasteiger partial charge in [-0.15, -0.1) is 11.8 Å². The quantitative estimate of drug-likeness (QED) is 0.800. The number of nitrogens with zero attached hydrogens (tertiary/aromatic N) is 3. The highest BCUT2D eigenvalue weighted by molar-refractivity contribution is 7.98. The molecular formula is C10H12N4S. The lowest BCUT2D eigenvalue weighted by molar-refractivity contribution is 0.767. The zero-order chi connectivity index (χ0) is 10.7. The number of thioether (sulfide) groups is 1. The Bertz CT molecular complexity index is 452. The number of hydrogen-bond donors (Lipinski definition) is 1. The number of nitrogens with two attached hydrogens (primary N) is 1. The van der Waals surface area contributed by atoms with Crippen LogP contribution in [0, 0.1) is 0 Å². The van der Waals surface area contributed by atoms with E-state index >= 15 is 0 Å². The van der Waals surface area contributed by atoms with Gasteiger partial charge in [0.1, 0.15) is 0 Å². The molecule has 0 bridgehead atoms. The van der Waals surface area contributed by atoms with Crippen LogP contribution in [0.5, 0.6) is 0 Å². The Morgan fingerprint density at radius 2 is 2.33 bits per heavy atom. The Hall–Kier alpha value is -1.49. The highest BCUT2D eigenvalue weighted by Gasteiger charge is 2.01. The molecular weight excluding hydrogens is 208 g/mol. The molecule has 0 saturated heterocycles. The minimum Gasteiger partial charge on any atom is -0.397 e. The third-order valence-corrected chi connectivity index (χ3v) is 3.12. The molecule has 2 aromatic rings. The zero-order valence-electron chi connectivity index (χ0n) is 8.42. The molecule has 2 heterocycles. The number of hydrogen-bond acceptors (Lipinski definition) is 4. The minimum absolute atomic E-state index is 0.728. The average molecular weight is 220 g/mol. The van der Waals surface area contributed by atoms with Gasteiger partial charge in [-0.25, -0.2) is 0 Å². The lowest BCUT2D eigenvalue weighted by atomic mass is 10.4. The van der Waals surface area contributed by atoms with Gasteiger partial charge in [0.15, 0.2) is 0 Å². The first kappa shape index (κ1) is 10.0. The Labute approximate surface area is 92.5 Å². The molecule has 4 nitrogen and oxygen atoms in total. The van der Waals surface area contributed by atoms with Gasteiger partial charge >= 0.3 is 0 Å². The first-order chi connectivity index (χ1) is 7.25. The summed E-state index contributed by atoms with van der Waals surface area (Å²) in [6.45, 7) is 0. The topological polar surface area (TPSA) is 56.7 Å². The van der Waals surface area contributed by atoms with Crippen molar-refractivity contribution in [3.05, 3.63) is 36.4 Å². The van der Waals surface area contributed by atoms with Crippen molar-refractivity contribution in [2.75, 3.05) is 5.73 Å². The lowest BCUT2D eigenvalue weighted by Gasteiger charge is -2.02. The molecule has 15 heavy (non-hydrogen) atoms. The summed E-state index contributed by atoms with van der Waals surface area (Å²) in [4.78, 5) is 5.01. The fraction of sp³-hybridized carbons (Fsp3) is 0.200. The second kappa shape index (κ2) is 4.35. The number of rotatable bonds is 3. The number of nitrogen functional groups attached to an aromatic ring is 1. The van der Waals surface area contributed by atoms with Crippen molar-refractivity contribution in [1.29, 1.82) is 0 Å². The highest BCUT2D eigenvalue weighted by atomic mass is 32.2. The Kier molecular flexibility index (Phi) is 2.91. The van der Waals surface area contributed by atoms with Crippen LogP contribution in [-0.2, 0) is 12.8 Å². The molecule has 2 aromatic heterocycles. The van der Waals surface area contributed by atoms with Gasteiger partial charge in [-0.2, -0.15) is 5.10 Å². The molecule has 0 spiro atoms. The smallest absolute Gasteiger partial charge is 0.0638 e. The van der Waals surface area contributed by atoms with Crippen molar-refractivity contribution in [1.82, 2.24) is 14.8 Å². The molecule has 0 unspecified atom stereocenters. The van der Waals surface area contributed by atoms with Crippen LogP contribution in [0.3, 0.4) is 0 Å². The van der Waals surface area contributed by atoms with Crippen LogP contribution in [0.15, 0.2) is 35.7 Å². The Morgan fingerprint density at radius 3 is 3.00 bits per heavy atom. The molecule has 78 valence electrons. The average Bonchev–Trinajstić information content (AvgIpc) is 2.63. The molecule has 0 aromatic carbocycles. The summed E-state index contributed by atoms with van der Waals surface area (Å²) < 4.78 is 1.80. The van der Waals surface area contributed by atoms with Crippen molar-refractivity contribution in [3.63, 3.8) is 0 Å². The van der Waals surface area contributed by atoms with Gasteiger partial charge in [-0.1, -0.05) is 0 Å². The second-order valence-electron chi connectivity index (χ2n) is 3.22. The maximum Gasteiger partial charge on any atom is 0.0638 e. The molecule has 0 saturated carbocycles. The number of anilines is 1. The van der Waals surface area contributed by atoms with E-state index in [2.05, 4.69) is 10.1 Å². The molecule has 0 amide bonds. The molecule has 0 aliphatic carbocycles. The normalized spacial score (nSPS) is 10.5. The summed E-state index contributed by atoms with van der Waals surface area (Å²) in [6, 6.07) is 1.93. The zero-order valence-corrected chi connectivity index (χ0v) is 9.24. The summed E-state index contributed by atoms with van der Waals surface area (Å²) in [5.41, 5.74) is 7.71. The third-order valence-electron chi connectivity index (χ3n) is 1.96. The second-order valence-corrected chi connectivity index (χ2v) is 4.24. The summed E-state index contributed by atoms with van der Waals surface area (Å²) in [7, 11) is 1.91. The summed E-state index contributed by atoms with van der Waals surface area (Å²) in [5.74, 6) is 0.877. The van der Waals surface area contributed by atoms with Gasteiger partial charge in [0.05, 0.1) is 18.1 Å². The Balaban J connectivity index is 2.02. The van der Waals surface area contributed by atoms with E-state index in [0.29, 0.717) is 0 Å². The van der Waals surface area contributed by atoms with Crippen LogP contribution in [0.25, 0.3) is 0 Å². The van der Waals surface area contributed by atoms with Crippen molar-refractivity contribution < 1.29 is 0 Å². The lowest BCUT2D eigenvalue weighted by Crippen LogP contribution is -1.89. The number of aryl methyl sites for hydroxylation is 1. The van der Waals surface area contributed by atoms with Crippen LogP contribution in [0.4, 0.5) is 5.69 Å². The van der Waals surface area contributed by atoms with Crippen molar-refractivity contribution in [2.45, 2.75) is 10.6 Å². The fourth-order valence-corrected chi connectivity index (χ4v) is 2.08. The predicted octanol–water partition coefficient (Wildman–Crippen LogP) is 1.69. The summed E-state index contributed by atoms with van der Waals surface area (Å²) >= 11 is 1.70. The molecule has 0 atom stereocenters. The number of aromatic nitrogens is 3. The van der Waals surface area contributed by atoms with Gasteiger partial charge in [0, 0.05) is 35.7 Å². The standard InChI is InChI=1S/C10H12N4S/c1-14-6-8(4-13-14)7-15-10-2-3-12-5-9(10)11/h2-6H,7,11H2,1H3. The fourth-order valence-electron chi connectivity index (χ4n) is 1.23. The van der Waals surface area contributed by atoms with E-state index in [0.717, 1.165) is 16.3 Å². The van der Waals surface area contributed by atoms with Gasteiger partial charge in [-0.3, -0.25) is 9.67 Å². The largest absolute Gasteiger partial charge is 0.397 e. The van der Waals surface area contributed by atoms with E-state index in [1.54, 1.807) is 28.8 Å². The summed E-state index contributed by atoms with van der Waals surface area (Å²) in [6.07, 6.45) is 7.29. The first-order valence-electron chi connectivity index (χ1n) is 4.55. The maximum absolute atomic E-state index is 5.79.